The summed E-state index contributed by atoms with van der Waals surface area (Å²) < 4.78 is 5.41. The summed E-state index contributed by atoms with van der Waals surface area (Å²) in [6.07, 6.45) is 0.946. The van der Waals surface area contributed by atoms with Crippen molar-refractivity contribution in [3.05, 3.63) is 48.0 Å². The van der Waals surface area contributed by atoms with Gasteiger partial charge in [0.15, 0.2) is 0 Å². The number of fused-ring (bicyclic) bond motifs is 1. The first-order valence-corrected chi connectivity index (χ1v) is 5.66. The van der Waals surface area contributed by atoms with Crippen LogP contribution < -0.4 is 5.73 Å². The zero-order chi connectivity index (χ0) is 11.2. The number of hydrogen-bond donors (Lipinski definition) is 1. The molecule has 2 aromatic rings. The molecule has 2 rings (SSSR count). The first-order chi connectivity index (χ1) is 7.92. The molecule has 2 nitrogen and oxygen atoms in total. The standard InChI is InChI=1S/C14H17NO.ClH/c15-9-11-16-10-8-13-6-3-5-12-4-1-2-7-14(12)13;/h1-7H,8-11,15H2;1H. The number of hydrogen-bond acceptors (Lipinski definition) is 2. The Kier molecular flexibility index (Phi) is 5.98. The Morgan fingerprint density at radius 1 is 0.941 bits per heavy atom. The van der Waals surface area contributed by atoms with Crippen LogP contribution in [0.3, 0.4) is 0 Å². The van der Waals surface area contributed by atoms with E-state index in [-0.39, 0.29) is 12.4 Å². The average Bonchev–Trinajstić information content (AvgIpc) is 2.35. The van der Waals surface area contributed by atoms with Gasteiger partial charge in [-0.2, -0.15) is 0 Å². The molecule has 3 heteroatoms. The Labute approximate surface area is 108 Å². The van der Waals surface area contributed by atoms with E-state index in [0.717, 1.165) is 13.0 Å². The van der Waals surface area contributed by atoms with E-state index in [1.54, 1.807) is 0 Å². The van der Waals surface area contributed by atoms with E-state index in [2.05, 4.69) is 42.5 Å². The molecule has 0 aliphatic heterocycles. The summed E-state index contributed by atoms with van der Waals surface area (Å²) in [6.45, 7) is 1.98. The van der Waals surface area contributed by atoms with Gasteiger partial charge in [-0.1, -0.05) is 42.5 Å². The second kappa shape index (κ2) is 7.28. The smallest absolute Gasteiger partial charge is 0.0588 e. The number of nitrogens with two attached hydrogens (primary N) is 1. The van der Waals surface area contributed by atoms with E-state index < -0.39 is 0 Å². The predicted octanol–water partition coefficient (Wildman–Crippen LogP) is 2.78. The van der Waals surface area contributed by atoms with Crippen LogP contribution in [0.2, 0.25) is 0 Å². The highest BCUT2D eigenvalue weighted by Crippen LogP contribution is 2.18. The summed E-state index contributed by atoms with van der Waals surface area (Å²) in [5.41, 5.74) is 6.72. The molecule has 2 N–H and O–H groups in total. The van der Waals surface area contributed by atoms with Crippen molar-refractivity contribution in [1.82, 2.24) is 0 Å². The van der Waals surface area contributed by atoms with Gasteiger partial charge in [0.05, 0.1) is 13.2 Å². The number of benzene rings is 2. The van der Waals surface area contributed by atoms with Crippen LogP contribution in [0.25, 0.3) is 10.8 Å². The fraction of sp³-hybridized carbons (Fsp3) is 0.286. The molecule has 0 atom stereocenters. The van der Waals surface area contributed by atoms with Gasteiger partial charge < -0.3 is 10.5 Å². The minimum atomic E-state index is 0. The topological polar surface area (TPSA) is 35.2 Å². The molecule has 0 spiro atoms. The second-order valence-electron chi connectivity index (χ2n) is 3.79. The van der Waals surface area contributed by atoms with E-state index in [1.807, 2.05) is 0 Å². The second-order valence-corrected chi connectivity index (χ2v) is 3.79. The Morgan fingerprint density at radius 3 is 2.53 bits per heavy atom. The van der Waals surface area contributed by atoms with Gasteiger partial charge in [0.2, 0.25) is 0 Å². The normalized spacial score (nSPS) is 10.2. The SMILES string of the molecule is Cl.NCCOCCc1cccc2ccccc12. The van der Waals surface area contributed by atoms with Crippen LogP contribution in [0.4, 0.5) is 0 Å². The predicted molar refractivity (Wildman–Crippen MR) is 74.8 cm³/mol. The van der Waals surface area contributed by atoms with Gasteiger partial charge >= 0.3 is 0 Å². The maximum atomic E-state index is 5.41. The van der Waals surface area contributed by atoms with Crippen LogP contribution >= 0.6 is 12.4 Å². The third kappa shape index (κ3) is 3.70. The Bertz CT molecular complexity index is 453. The summed E-state index contributed by atoms with van der Waals surface area (Å²) in [4.78, 5) is 0. The molecule has 0 saturated carbocycles. The van der Waals surface area contributed by atoms with Crippen LogP contribution in [0.15, 0.2) is 42.5 Å². The lowest BCUT2D eigenvalue weighted by molar-refractivity contribution is 0.145. The van der Waals surface area contributed by atoms with Gasteiger partial charge in [-0.3, -0.25) is 0 Å². The molecule has 0 saturated heterocycles. The Balaban J connectivity index is 0.00000144. The van der Waals surface area contributed by atoms with Gasteiger partial charge in [-0.05, 0) is 22.8 Å². The minimum absolute atomic E-state index is 0. The zero-order valence-electron chi connectivity index (χ0n) is 9.76. The van der Waals surface area contributed by atoms with E-state index in [1.165, 1.54) is 16.3 Å². The highest BCUT2D eigenvalue weighted by molar-refractivity contribution is 5.85. The van der Waals surface area contributed by atoms with Crippen molar-refractivity contribution in [2.45, 2.75) is 6.42 Å². The van der Waals surface area contributed by atoms with Crippen molar-refractivity contribution in [2.75, 3.05) is 19.8 Å². The van der Waals surface area contributed by atoms with Crippen molar-refractivity contribution < 1.29 is 4.74 Å². The highest BCUT2D eigenvalue weighted by Gasteiger charge is 1.99. The van der Waals surface area contributed by atoms with Crippen molar-refractivity contribution in [3.8, 4) is 0 Å². The molecular formula is C14H18ClNO. The number of halogens is 1. The number of rotatable bonds is 5. The fourth-order valence-corrected chi connectivity index (χ4v) is 1.88. The van der Waals surface area contributed by atoms with Crippen LogP contribution in [0, 0.1) is 0 Å². The molecule has 0 fully saturated rings. The molecule has 0 aromatic heterocycles. The van der Waals surface area contributed by atoms with Crippen LogP contribution in [0.1, 0.15) is 5.56 Å². The molecule has 0 aliphatic rings. The lowest BCUT2D eigenvalue weighted by atomic mass is 10.0. The quantitative estimate of drug-likeness (QED) is 0.830. The summed E-state index contributed by atoms with van der Waals surface area (Å²) in [6, 6.07) is 14.8. The molecule has 0 radical (unpaired) electrons. The van der Waals surface area contributed by atoms with Gasteiger partial charge in [0.1, 0.15) is 0 Å². The summed E-state index contributed by atoms with van der Waals surface area (Å²) in [5, 5.41) is 2.61. The maximum Gasteiger partial charge on any atom is 0.0588 e. The fourth-order valence-electron chi connectivity index (χ4n) is 1.88. The van der Waals surface area contributed by atoms with E-state index in [0.29, 0.717) is 13.2 Å². The van der Waals surface area contributed by atoms with Gasteiger partial charge in [-0.15, -0.1) is 12.4 Å². The van der Waals surface area contributed by atoms with Gasteiger partial charge in [0, 0.05) is 6.54 Å². The van der Waals surface area contributed by atoms with Gasteiger partial charge in [0.25, 0.3) is 0 Å². The molecule has 17 heavy (non-hydrogen) atoms. The van der Waals surface area contributed by atoms with E-state index in [4.69, 9.17) is 10.5 Å². The maximum absolute atomic E-state index is 5.41. The molecule has 2 aromatic carbocycles. The van der Waals surface area contributed by atoms with Crippen LogP contribution in [-0.4, -0.2) is 19.8 Å². The molecule has 92 valence electrons. The first-order valence-electron chi connectivity index (χ1n) is 5.66. The summed E-state index contributed by atoms with van der Waals surface area (Å²) in [7, 11) is 0. The Morgan fingerprint density at radius 2 is 1.71 bits per heavy atom. The molecule has 0 unspecified atom stereocenters. The molecule has 0 aliphatic carbocycles. The van der Waals surface area contributed by atoms with Crippen molar-refractivity contribution in [3.63, 3.8) is 0 Å². The molecular weight excluding hydrogens is 234 g/mol. The van der Waals surface area contributed by atoms with Gasteiger partial charge in [-0.25, -0.2) is 0 Å². The third-order valence-corrected chi connectivity index (χ3v) is 2.66. The monoisotopic (exact) mass is 251 g/mol. The third-order valence-electron chi connectivity index (χ3n) is 2.66. The Hall–Kier alpha value is -1.09. The molecule has 0 amide bonds. The highest BCUT2D eigenvalue weighted by atomic mass is 35.5. The van der Waals surface area contributed by atoms with Crippen molar-refractivity contribution >= 4 is 23.2 Å². The largest absolute Gasteiger partial charge is 0.380 e. The van der Waals surface area contributed by atoms with Crippen molar-refractivity contribution in [2.24, 2.45) is 5.73 Å². The van der Waals surface area contributed by atoms with Crippen LogP contribution in [-0.2, 0) is 11.2 Å². The molecule has 0 bridgehead atoms. The number of ether oxygens (including phenoxy) is 1. The van der Waals surface area contributed by atoms with Crippen molar-refractivity contribution in [1.29, 1.82) is 0 Å². The molecule has 0 heterocycles. The summed E-state index contributed by atoms with van der Waals surface area (Å²) in [5.74, 6) is 0. The lowest BCUT2D eigenvalue weighted by Gasteiger charge is -2.06. The summed E-state index contributed by atoms with van der Waals surface area (Å²) >= 11 is 0. The van der Waals surface area contributed by atoms with Crippen LogP contribution in [0.5, 0.6) is 0 Å². The van der Waals surface area contributed by atoms with E-state index in [9.17, 15) is 0 Å². The first kappa shape index (κ1) is 14.0. The lowest BCUT2D eigenvalue weighted by Crippen LogP contribution is -2.10. The average molecular weight is 252 g/mol. The zero-order valence-corrected chi connectivity index (χ0v) is 10.6. The minimum Gasteiger partial charge on any atom is -0.380 e. The van der Waals surface area contributed by atoms with E-state index >= 15 is 0 Å².